The summed E-state index contributed by atoms with van der Waals surface area (Å²) in [7, 11) is 0. The zero-order chi connectivity index (χ0) is 18.2. The third-order valence-corrected chi connectivity index (χ3v) is 3.66. The lowest BCUT2D eigenvalue weighted by atomic mass is 10.2. The van der Waals surface area contributed by atoms with Crippen molar-refractivity contribution in [2.45, 2.75) is 65.8 Å². The maximum atomic E-state index is 11.4. The lowest BCUT2D eigenvalue weighted by Gasteiger charge is -2.11. The molecule has 6 nitrogen and oxygen atoms in total. The lowest BCUT2D eigenvalue weighted by molar-refractivity contribution is -0.127. The SMILES string of the molecule is CCC(C)NC(=O)COCCOCCCCCCNC(=O)C(C)C. The fourth-order valence-electron chi connectivity index (χ4n) is 1.90. The van der Waals surface area contributed by atoms with Crippen LogP contribution in [-0.2, 0) is 19.1 Å². The van der Waals surface area contributed by atoms with E-state index in [4.69, 9.17) is 9.47 Å². The van der Waals surface area contributed by atoms with Crippen LogP contribution in [0, 0.1) is 5.92 Å². The second-order valence-corrected chi connectivity index (χ2v) is 6.40. The van der Waals surface area contributed by atoms with Crippen LogP contribution in [0.5, 0.6) is 0 Å². The minimum atomic E-state index is -0.0751. The van der Waals surface area contributed by atoms with Crippen molar-refractivity contribution >= 4 is 11.8 Å². The molecular weight excluding hydrogens is 308 g/mol. The predicted molar refractivity (Wildman–Crippen MR) is 95.8 cm³/mol. The van der Waals surface area contributed by atoms with Gasteiger partial charge < -0.3 is 20.1 Å². The first kappa shape index (κ1) is 22.9. The summed E-state index contributed by atoms with van der Waals surface area (Å²) in [4.78, 5) is 22.8. The molecule has 1 atom stereocenters. The van der Waals surface area contributed by atoms with Gasteiger partial charge in [0, 0.05) is 25.1 Å². The average Bonchev–Trinajstić information content (AvgIpc) is 2.55. The molecule has 1 unspecified atom stereocenters. The van der Waals surface area contributed by atoms with Gasteiger partial charge in [0.25, 0.3) is 0 Å². The molecule has 6 heteroatoms. The zero-order valence-electron chi connectivity index (χ0n) is 15.9. The molecule has 24 heavy (non-hydrogen) atoms. The first-order valence-electron chi connectivity index (χ1n) is 9.19. The van der Waals surface area contributed by atoms with Gasteiger partial charge in [0.15, 0.2) is 0 Å². The topological polar surface area (TPSA) is 76.7 Å². The second-order valence-electron chi connectivity index (χ2n) is 6.40. The van der Waals surface area contributed by atoms with Crippen molar-refractivity contribution in [1.82, 2.24) is 10.6 Å². The summed E-state index contributed by atoms with van der Waals surface area (Å²) in [6, 6.07) is 0.191. The molecule has 2 amide bonds. The molecule has 0 aromatic carbocycles. The van der Waals surface area contributed by atoms with E-state index >= 15 is 0 Å². The molecule has 0 aliphatic carbocycles. The van der Waals surface area contributed by atoms with Gasteiger partial charge in [-0.1, -0.05) is 33.6 Å². The van der Waals surface area contributed by atoms with Gasteiger partial charge in [-0.3, -0.25) is 9.59 Å². The fourth-order valence-corrected chi connectivity index (χ4v) is 1.90. The maximum Gasteiger partial charge on any atom is 0.246 e. The summed E-state index contributed by atoms with van der Waals surface area (Å²) < 4.78 is 10.7. The van der Waals surface area contributed by atoms with Crippen LogP contribution in [0.15, 0.2) is 0 Å². The summed E-state index contributed by atoms with van der Waals surface area (Å²) in [5, 5.41) is 5.76. The molecular formula is C18H36N2O4. The number of carbonyl (C=O) groups excluding carboxylic acids is 2. The molecule has 142 valence electrons. The third-order valence-electron chi connectivity index (χ3n) is 3.66. The summed E-state index contributed by atoms with van der Waals surface area (Å²) >= 11 is 0. The van der Waals surface area contributed by atoms with Crippen molar-refractivity contribution in [3.05, 3.63) is 0 Å². The molecule has 0 aliphatic rings. The van der Waals surface area contributed by atoms with E-state index < -0.39 is 0 Å². The molecule has 0 saturated carbocycles. The van der Waals surface area contributed by atoms with E-state index in [1.165, 1.54) is 0 Å². The number of unbranched alkanes of at least 4 members (excludes halogenated alkanes) is 3. The molecule has 0 heterocycles. The predicted octanol–water partition coefficient (Wildman–Crippen LogP) is 2.27. The van der Waals surface area contributed by atoms with Crippen LogP contribution in [0.3, 0.4) is 0 Å². The highest BCUT2D eigenvalue weighted by Gasteiger charge is 2.05. The number of nitrogens with one attached hydrogen (secondary N) is 2. The molecule has 0 fully saturated rings. The first-order chi connectivity index (χ1) is 11.5. The van der Waals surface area contributed by atoms with Gasteiger partial charge in [-0.2, -0.15) is 0 Å². The van der Waals surface area contributed by atoms with Crippen LogP contribution in [0.25, 0.3) is 0 Å². The molecule has 0 saturated heterocycles. The summed E-state index contributed by atoms with van der Waals surface area (Å²) in [6.07, 6.45) is 5.11. The Balaban J connectivity index is 3.23. The number of rotatable bonds is 15. The minimum absolute atomic E-state index is 0.0572. The van der Waals surface area contributed by atoms with Crippen LogP contribution >= 0.6 is 0 Å². The number of ether oxygens (including phenoxy) is 2. The third kappa shape index (κ3) is 14.5. The molecule has 0 radical (unpaired) electrons. The monoisotopic (exact) mass is 344 g/mol. The van der Waals surface area contributed by atoms with E-state index in [9.17, 15) is 9.59 Å². The molecule has 0 aromatic heterocycles. The van der Waals surface area contributed by atoms with Crippen molar-refractivity contribution in [2.24, 2.45) is 5.92 Å². The van der Waals surface area contributed by atoms with Crippen molar-refractivity contribution in [2.75, 3.05) is 33.0 Å². The van der Waals surface area contributed by atoms with Gasteiger partial charge in [-0.15, -0.1) is 0 Å². The van der Waals surface area contributed by atoms with Gasteiger partial charge >= 0.3 is 0 Å². The van der Waals surface area contributed by atoms with E-state index in [0.29, 0.717) is 19.8 Å². The zero-order valence-corrected chi connectivity index (χ0v) is 15.9. The van der Waals surface area contributed by atoms with Crippen LogP contribution in [0.4, 0.5) is 0 Å². The molecule has 2 N–H and O–H groups in total. The molecule has 0 aromatic rings. The molecule has 0 bridgehead atoms. The van der Waals surface area contributed by atoms with Gasteiger partial charge in [0.2, 0.25) is 11.8 Å². The minimum Gasteiger partial charge on any atom is -0.379 e. The van der Waals surface area contributed by atoms with Gasteiger partial charge in [-0.25, -0.2) is 0 Å². The van der Waals surface area contributed by atoms with E-state index in [1.54, 1.807) is 0 Å². The Labute approximate surface area is 147 Å². The first-order valence-corrected chi connectivity index (χ1v) is 9.19. The van der Waals surface area contributed by atoms with Crippen molar-refractivity contribution in [1.29, 1.82) is 0 Å². The maximum absolute atomic E-state index is 11.4. The standard InChI is InChI=1S/C18H36N2O4/c1-5-16(4)20-17(21)14-24-13-12-23-11-9-7-6-8-10-19-18(22)15(2)3/h15-16H,5-14H2,1-4H3,(H,19,22)(H,20,21). The van der Waals surface area contributed by atoms with Gasteiger partial charge in [0.1, 0.15) is 6.61 Å². The van der Waals surface area contributed by atoms with Crippen LogP contribution < -0.4 is 10.6 Å². The van der Waals surface area contributed by atoms with Crippen LogP contribution in [0.2, 0.25) is 0 Å². The fraction of sp³-hybridized carbons (Fsp3) is 0.889. The number of amides is 2. The Morgan fingerprint density at radius 1 is 0.917 bits per heavy atom. The quantitative estimate of drug-likeness (QED) is 0.447. The Bertz CT molecular complexity index is 335. The van der Waals surface area contributed by atoms with Crippen LogP contribution in [0.1, 0.15) is 59.8 Å². The Hall–Kier alpha value is -1.14. The van der Waals surface area contributed by atoms with E-state index in [0.717, 1.165) is 38.6 Å². The van der Waals surface area contributed by atoms with E-state index in [-0.39, 0.29) is 30.4 Å². The smallest absolute Gasteiger partial charge is 0.246 e. The van der Waals surface area contributed by atoms with Crippen molar-refractivity contribution in [3.63, 3.8) is 0 Å². The summed E-state index contributed by atoms with van der Waals surface area (Å²) in [5.74, 6) is 0.104. The highest BCUT2D eigenvalue weighted by Crippen LogP contribution is 2.00. The van der Waals surface area contributed by atoms with Crippen molar-refractivity contribution < 1.29 is 19.1 Å². The number of hydrogen-bond acceptors (Lipinski definition) is 4. The number of carbonyl (C=O) groups is 2. The Morgan fingerprint density at radius 3 is 2.25 bits per heavy atom. The van der Waals surface area contributed by atoms with Crippen LogP contribution in [-0.4, -0.2) is 50.8 Å². The largest absolute Gasteiger partial charge is 0.379 e. The van der Waals surface area contributed by atoms with Gasteiger partial charge in [-0.05, 0) is 26.2 Å². The second kappa shape index (κ2) is 15.4. The summed E-state index contributed by atoms with van der Waals surface area (Å²) in [6.45, 7) is 10.3. The Morgan fingerprint density at radius 2 is 1.58 bits per heavy atom. The summed E-state index contributed by atoms with van der Waals surface area (Å²) in [5.41, 5.74) is 0. The van der Waals surface area contributed by atoms with E-state index in [1.807, 2.05) is 27.7 Å². The molecule has 0 spiro atoms. The normalized spacial score (nSPS) is 12.2. The Kier molecular flexibility index (Phi) is 14.7. The number of hydrogen-bond donors (Lipinski definition) is 2. The van der Waals surface area contributed by atoms with Gasteiger partial charge in [0.05, 0.1) is 13.2 Å². The molecule has 0 aliphatic heterocycles. The molecule has 0 rings (SSSR count). The highest BCUT2D eigenvalue weighted by atomic mass is 16.5. The van der Waals surface area contributed by atoms with E-state index in [2.05, 4.69) is 10.6 Å². The lowest BCUT2D eigenvalue weighted by Crippen LogP contribution is -2.35. The average molecular weight is 344 g/mol. The highest BCUT2D eigenvalue weighted by molar-refractivity contribution is 5.77. The van der Waals surface area contributed by atoms with Crippen molar-refractivity contribution in [3.8, 4) is 0 Å².